The molecule has 6 nitrogen and oxygen atoms in total. The van der Waals surface area contributed by atoms with E-state index in [1.54, 1.807) is 6.08 Å². The van der Waals surface area contributed by atoms with E-state index in [-0.39, 0.29) is 29.1 Å². The lowest BCUT2D eigenvalue weighted by Crippen LogP contribution is -2.68. The van der Waals surface area contributed by atoms with Gasteiger partial charge in [-0.3, -0.25) is 4.99 Å². The number of nitrogens with zero attached hydrogens (tertiary/aromatic N) is 1. The molecule has 1 aromatic rings. The highest BCUT2D eigenvalue weighted by molar-refractivity contribution is 5.85. The molecule has 1 aromatic carbocycles. The second-order valence-electron chi connectivity index (χ2n) is 12.8. The average molecular weight is 508 g/mol. The number of esters is 1. The van der Waals surface area contributed by atoms with Gasteiger partial charge in [0.2, 0.25) is 0 Å². The van der Waals surface area contributed by atoms with Crippen LogP contribution in [0.5, 0.6) is 0 Å². The number of carbonyl (C=O) groups excluding carboxylic acids is 1. The van der Waals surface area contributed by atoms with Gasteiger partial charge in [0.15, 0.2) is 0 Å². The zero-order valence-electron chi connectivity index (χ0n) is 21.9. The molecule has 0 bridgehead atoms. The number of aliphatic imine (C=N–C) groups is 1. The Balaban J connectivity index is 1.31. The monoisotopic (exact) mass is 507 g/mol. The number of fused-ring (bicyclic) bond motifs is 5. The lowest BCUT2D eigenvalue weighted by molar-refractivity contribution is -0.237. The number of rotatable bonds is 5. The first kappa shape index (κ1) is 25.3. The molecular formula is C31H41NO5. The second kappa shape index (κ2) is 9.03. The summed E-state index contributed by atoms with van der Waals surface area (Å²) in [6.45, 7) is 3.23. The molecule has 0 spiro atoms. The van der Waals surface area contributed by atoms with Crippen LogP contribution in [-0.2, 0) is 16.0 Å². The molecule has 4 saturated carbocycles. The van der Waals surface area contributed by atoms with Gasteiger partial charge < -0.3 is 20.1 Å². The van der Waals surface area contributed by atoms with Crippen molar-refractivity contribution < 1.29 is 24.9 Å². The first-order chi connectivity index (χ1) is 17.7. The van der Waals surface area contributed by atoms with Crippen LogP contribution in [-0.4, -0.2) is 58.0 Å². The van der Waals surface area contributed by atoms with Crippen molar-refractivity contribution in [3.8, 4) is 0 Å². The van der Waals surface area contributed by atoms with Crippen LogP contribution in [0.3, 0.4) is 0 Å². The van der Waals surface area contributed by atoms with Gasteiger partial charge in [-0.15, -0.1) is 0 Å². The third-order valence-corrected chi connectivity index (χ3v) is 11.3. The molecule has 0 amide bonds. The molecule has 37 heavy (non-hydrogen) atoms. The van der Waals surface area contributed by atoms with Crippen LogP contribution in [0.1, 0.15) is 70.3 Å². The molecule has 0 radical (unpaired) electrons. The highest BCUT2D eigenvalue weighted by atomic mass is 16.5. The van der Waals surface area contributed by atoms with Gasteiger partial charge in [0.05, 0.1) is 17.3 Å². The van der Waals surface area contributed by atoms with Crippen LogP contribution in [0.4, 0.5) is 0 Å². The fraction of sp³-hybridized carbons (Fsp3) is 0.677. The second-order valence-corrected chi connectivity index (χ2v) is 12.8. The minimum Gasteiger partial charge on any atom is -0.458 e. The lowest BCUT2D eigenvalue weighted by atomic mass is 9.41. The first-order valence-electron chi connectivity index (χ1n) is 14.3. The summed E-state index contributed by atoms with van der Waals surface area (Å²) in [6.07, 6.45) is 10.4. The Morgan fingerprint density at radius 3 is 2.57 bits per heavy atom. The Kier molecular flexibility index (Phi) is 6.17. The van der Waals surface area contributed by atoms with Crippen molar-refractivity contribution >= 4 is 12.2 Å². The summed E-state index contributed by atoms with van der Waals surface area (Å²) in [5.41, 5.74) is -0.424. The maximum atomic E-state index is 12.5. The van der Waals surface area contributed by atoms with Gasteiger partial charge in [-0.2, -0.15) is 0 Å². The zero-order valence-corrected chi connectivity index (χ0v) is 21.9. The van der Waals surface area contributed by atoms with Gasteiger partial charge in [-0.25, -0.2) is 4.79 Å². The highest BCUT2D eigenvalue weighted by Crippen LogP contribution is 2.70. The van der Waals surface area contributed by atoms with Gasteiger partial charge >= 0.3 is 5.97 Å². The number of aliphatic hydroxyl groups excluding tert-OH is 1. The summed E-state index contributed by atoms with van der Waals surface area (Å²) < 4.78 is 5.25. The quantitative estimate of drug-likeness (QED) is 0.413. The van der Waals surface area contributed by atoms with E-state index < -0.39 is 22.7 Å². The molecule has 0 unspecified atom stereocenters. The van der Waals surface area contributed by atoms with E-state index in [1.165, 1.54) is 5.56 Å². The van der Waals surface area contributed by atoms with Crippen molar-refractivity contribution in [1.82, 2.24) is 0 Å². The van der Waals surface area contributed by atoms with Crippen molar-refractivity contribution in [3.05, 3.63) is 47.5 Å². The molecule has 4 fully saturated rings. The SMILES string of the molecule is C[C@]12CC[C@H]3[C@H](CC[C@]4(O)C[C@H](O)CC[C@]34C=NCCc3ccccc3)[C@]1(O)CC[C@H]2C1=CC(=O)OC1. The largest absolute Gasteiger partial charge is 0.458 e. The maximum Gasteiger partial charge on any atom is 0.331 e. The first-order valence-corrected chi connectivity index (χ1v) is 14.3. The van der Waals surface area contributed by atoms with E-state index in [4.69, 9.17) is 9.73 Å². The van der Waals surface area contributed by atoms with Gasteiger partial charge in [0.1, 0.15) is 6.61 Å². The summed E-state index contributed by atoms with van der Waals surface area (Å²) in [5, 5.41) is 35.2. The van der Waals surface area contributed by atoms with Crippen molar-refractivity contribution in [2.24, 2.45) is 33.6 Å². The average Bonchev–Trinajstić information content (AvgIpc) is 3.42. The smallest absolute Gasteiger partial charge is 0.331 e. The number of aliphatic hydroxyl groups is 3. The van der Waals surface area contributed by atoms with Crippen LogP contribution in [0.25, 0.3) is 0 Å². The third kappa shape index (κ3) is 3.77. The van der Waals surface area contributed by atoms with E-state index in [1.807, 2.05) is 18.2 Å². The van der Waals surface area contributed by atoms with Gasteiger partial charge in [0, 0.05) is 36.1 Å². The van der Waals surface area contributed by atoms with Crippen LogP contribution in [0, 0.1) is 28.6 Å². The molecule has 200 valence electrons. The van der Waals surface area contributed by atoms with Gasteiger partial charge in [0.25, 0.3) is 0 Å². The summed E-state index contributed by atoms with van der Waals surface area (Å²) in [4.78, 5) is 16.8. The van der Waals surface area contributed by atoms with E-state index in [0.717, 1.165) is 37.7 Å². The molecule has 0 saturated heterocycles. The lowest BCUT2D eigenvalue weighted by Gasteiger charge is -2.65. The molecule has 8 atom stereocenters. The predicted molar refractivity (Wildman–Crippen MR) is 141 cm³/mol. The standard InChI is InChI=1S/C31H41NO5/c1-28-12-8-25-26(31(28,36)15-10-24(28)22-17-27(34)37-19-22)9-14-30(35)18-23(33)7-13-29(25,30)20-32-16-11-21-5-3-2-4-6-21/h2-6,17,20,23-26,33,35-36H,7-16,18-19H2,1H3/t23-,24+,25+,26+,28-,29+,30+,31-/m1/s1. The molecule has 6 rings (SSSR count). The molecule has 3 N–H and O–H groups in total. The van der Waals surface area contributed by atoms with Crippen molar-refractivity contribution in [2.75, 3.05) is 13.2 Å². The molecular weight excluding hydrogens is 466 g/mol. The van der Waals surface area contributed by atoms with Gasteiger partial charge in [-0.05, 0) is 86.7 Å². The minimum absolute atomic E-state index is 0.0611. The van der Waals surface area contributed by atoms with E-state index >= 15 is 0 Å². The maximum absolute atomic E-state index is 12.5. The predicted octanol–water partition coefficient (Wildman–Crippen LogP) is 4.01. The van der Waals surface area contributed by atoms with Gasteiger partial charge in [-0.1, -0.05) is 37.3 Å². The van der Waals surface area contributed by atoms with Crippen LogP contribution >= 0.6 is 0 Å². The topological polar surface area (TPSA) is 99.4 Å². The Labute approximate surface area is 219 Å². The zero-order chi connectivity index (χ0) is 25.9. The van der Waals surface area contributed by atoms with E-state index in [9.17, 15) is 20.1 Å². The molecule has 1 heterocycles. The normalized spacial score (nSPS) is 45.2. The van der Waals surface area contributed by atoms with E-state index in [0.29, 0.717) is 45.3 Å². The molecule has 1 aliphatic heterocycles. The number of carbonyl (C=O) groups is 1. The summed E-state index contributed by atoms with van der Waals surface area (Å²) >= 11 is 0. The Morgan fingerprint density at radius 1 is 1.03 bits per heavy atom. The summed E-state index contributed by atoms with van der Waals surface area (Å²) in [6, 6.07) is 10.3. The van der Waals surface area contributed by atoms with Crippen molar-refractivity contribution in [2.45, 2.75) is 88.4 Å². The number of ether oxygens (including phenoxy) is 1. The number of hydrogen-bond donors (Lipinski definition) is 3. The highest BCUT2D eigenvalue weighted by Gasteiger charge is 2.71. The summed E-state index contributed by atoms with van der Waals surface area (Å²) in [7, 11) is 0. The molecule has 4 aliphatic carbocycles. The number of cyclic esters (lactones) is 1. The summed E-state index contributed by atoms with van der Waals surface area (Å²) in [5.74, 6) is 0.0590. The molecule has 5 aliphatic rings. The van der Waals surface area contributed by atoms with Crippen molar-refractivity contribution in [1.29, 1.82) is 0 Å². The Bertz CT molecular complexity index is 1100. The van der Waals surface area contributed by atoms with E-state index in [2.05, 4.69) is 25.3 Å². The van der Waals surface area contributed by atoms with Crippen molar-refractivity contribution in [3.63, 3.8) is 0 Å². The number of benzene rings is 1. The molecule has 0 aromatic heterocycles. The fourth-order valence-corrected chi connectivity index (χ4v) is 9.43. The number of hydrogen-bond acceptors (Lipinski definition) is 6. The Morgan fingerprint density at radius 2 is 1.81 bits per heavy atom. The van der Waals surface area contributed by atoms with Crippen LogP contribution in [0.2, 0.25) is 0 Å². The van der Waals surface area contributed by atoms with Crippen LogP contribution in [0.15, 0.2) is 47.0 Å². The third-order valence-electron chi connectivity index (χ3n) is 11.3. The molecule has 6 heteroatoms. The Hall–Kier alpha value is -2.02. The minimum atomic E-state index is -1.00. The van der Waals surface area contributed by atoms with Crippen LogP contribution < -0.4 is 0 Å². The fourth-order valence-electron chi connectivity index (χ4n) is 9.43.